The van der Waals surface area contributed by atoms with Gasteiger partial charge in [0.15, 0.2) is 0 Å². The van der Waals surface area contributed by atoms with Crippen molar-refractivity contribution in [3.8, 4) is 0 Å². The molecule has 6 nitrogen and oxygen atoms in total. The highest BCUT2D eigenvalue weighted by molar-refractivity contribution is 5.76. The van der Waals surface area contributed by atoms with E-state index in [9.17, 15) is 4.79 Å². The van der Waals surface area contributed by atoms with E-state index in [1.54, 1.807) is 4.52 Å². The molecule has 136 valence electrons. The second-order valence-corrected chi connectivity index (χ2v) is 6.67. The Hall–Kier alpha value is -2.76. The molecule has 1 N–H and O–H groups in total. The molecule has 3 aromatic rings. The van der Waals surface area contributed by atoms with E-state index in [0.29, 0.717) is 18.6 Å². The topological polar surface area (TPSA) is 72.2 Å². The van der Waals surface area contributed by atoms with Crippen LogP contribution in [-0.2, 0) is 11.2 Å². The van der Waals surface area contributed by atoms with Gasteiger partial charge >= 0.3 is 0 Å². The maximum absolute atomic E-state index is 12.5. The predicted octanol–water partition coefficient (Wildman–Crippen LogP) is 3.25. The SMILES string of the molecule is CCC(NC(=O)CCc1c(C)nc2ncnn2c1C)c1ccc(C)cc1. The predicted molar refractivity (Wildman–Crippen MR) is 101 cm³/mol. The Morgan fingerprint density at radius 1 is 1.19 bits per heavy atom. The van der Waals surface area contributed by atoms with Gasteiger partial charge in [-0.05, 0) is 44.7 Å². The molecule has 0 radical (unpaired) electrons. The zero-order valence-electron chi connectivity index (χ0n) is 15.8. The largest absolute Gasteiger partial charge is 0.349 e. The van der Waals surface area contributed by atoms with Crippen molar-refractivity contribution in [3.63, 3.8) is 0 Å². The molecule has 1 aromatic carbocycles. The lowest BCUT2D eigenvalue weighted by molar-refractivity contribution is -0.121. The van der Waals surface area contributed by atoms with E-state index in [-0.39, 0.29) is 11.9 Å². The number of carbonyl (C=O) groups is 1. The van der Waals surface area contributed by atoms with Crippen molar-refractivity contribution in [3.05, 3.63) is 58.7 Å². The molecule has 26 heavy (non-hydrogen) atoms. The second-order valence-electron chi connectivity index (χ2n) is 6.67. The lowest BCUT2D eigenvalue weighted by Crippen LogP contribution is -2.28. The molecule has 0 spiro atoms. The van der Waals surface area contributed by atoms with Crippen LogP contribution in [0.2, 0.25) is 0 Å². The summed E-state index contributed by atoms with van der Waals surface area (Å²) in [4.78, 5) is 21.1. The first-order chi connectivity index (χ1) is 12.5. The summed E-state index contributed by atoms with van der Waals surface area (Å²) in [5.41, 5.74) is 5.31. The summed E-state index contributed by atoms with van der Waals surface area (Å²) < 4.78 is 1.72. The van der Waals surface area contributed by atoms with Gasteiger partial charge in [0.2, 0.25) is 5.91 Å². The van der Waals surface area contributed by atoms with Gasteiger partial charge in [0.25, 0.3) is 5.78 Å². The minimum Gasteiger partial charge on any atom is -0.349 e. The summed E-state index contributed by atoms with van der Waals surface area (Å²) in [6.45, 7) is 8.09. The Morgan fingerprint density at radius 2 is 1.92 bits per heavy atom. The van der Waals surface area contributed by atoms with Crippen LogP contribution in [0.3, 0.4) is 0 Å². The number of hydrogen-bond donors (Lipinski definition) is 1. The van der Waals surface area contributed by atoms with Gasteiger partial charge in [-0.3, -0.25) is 4.79 Å². The van der Waals surface area contributed by atoms with E-state index >= 15 is 0 Å². The van der Waals surface area contributed by atoms with Gasteiger partial charge in [-0.2, -0.15) is 10.1 Å². The summed E-state index contributed by atoms with van der Waals surface area (Å²) in [5.74, 6) is 0.647. The first kappa shape index (κ1) is 18.0. The maximum Gasteiger partial charge on any atom is 0.252 e. The smallest absolute Gasteiger partial charge is 0.252 e. The van der Waals surface area contributed by atoms with Gasteiger partial charge in [0.05, 0.1) is 6.04 Å². The van der Waals surface area contributed by atoms with Crippen LogP contribution in [0.25, 0.3) is 5.78 Å². The Balaban J connectivity index is 1.67. The maximum atomic E-state index is 12.5. The lowest BCUT2D eigenvalue weighted by Gasteiger charge is -2.18. The van der Waals surface area contributed by atoms with Crippen molar-refractivity contribution in [1.29, 1.82) is 0 Å². The fourth-order valence-electron chi connectivity index (χ4n) is 3.24. The Labute approximate surface area is 153 Å². The molecule has 0 fully saturated rings. The molecule has 0 saturated carbocycles. The molecule has 2 heterocycles. The van der Waals surface area contributed by atoms with E-state index < -0.39 is 0 Å². The zero-order chi connectivity index (χ0) is 18.7. The molecule has 3 rings (SSSR count). The molecule has 0 saturated heterocycles. The molecule has 0 aliphatic carbocycles. The van der Waals surface area contributed by atoms with Crippen molar-refractivity contribution in [2.24, 2.45) is 0 Å². The van der Waals surface area contributed by atoms with Crippen LogP contribution in [0.4, 0.5) is 0 Å². The first-order valence-electron chi connectivity index (χ1n) is 9.01. The molecule has 0 aliphatic rings. The summed E-state index contributed by atoms with van der Waals surface area (Å²) in [6.07, 6.45) is 3.42. The highest BCUT2D eigenvalue weighted by atomic mass is 16.1. The minimum absolute atomic E-state index is 0.0428. The van der Waals surface area contributed by atoms with Crippen LogP contribution >= 0.6 is 0 Å². The summed E-state index contributed by atoms with van der Waals surface area (Å²) in [7, 11) is 0. The van der Waals surface area contributed by atoms with Crippen LogP contribution < -0.4 is 5.32 Å². The monoisotopic (exact) mass is 351 g/mol. The second kappa shape index (κ2) is 7.64. The zero-order valence-corrected chi connectivity index (χ0v) is 15.8. The average molecular weight is 351 g/mol. The van der Waals surface area contributed by atoms with E-state index in [4.69, 9.17) is 0 Å². The first-order valence-corrected chi connectivity index (χ1v) is 9.01. The minimum atomic E-state index is 0.0428. The molecule has 6 heteroatoms. The van der Waals surface area contributed by atoms with E-state index in [1.165, 1.54) is 11.9 Å². The van der Waals surface area contributed by atoms with Gasteiger partial charge in [0, 0.05) is 17.8 Å². The van der Waals surface area contributed by atoms with Crippen LogP contribution in [-0.4, -0.2) is 25.5 Å². The normalized spacial score (nSPS) is 12.3. The number of fused-ring (bicyclic) bond motifs is 1. The standard InChI is InChI=1S/C20H25N5O/c1-5-18(16-8-6-13(2)7-9-16)24-19(26)11-10-17-14(3)23-20-21-12-22-25(20)15(17)4/h6-9,12,18H,5,10-11H2,1-4H3,(H,24,26). The van der Waals surface area contributed by atoms with E-state index in [2.05, 4.69) is 58.5 Å². The van der Waals surface area contributed by atoms with Gasteiger partial charge in [-0.25, -0.2) is 9.50 Å². The summed E-state index contributed by atoms with van der Waals surface area (Å²) in [6, 6.07) is 8.37. The molecule has 0 aliphatic heterocycles. The number of rotatable bonds is 6. The molecule has 1 amide bonds. The fraction of sp³-hybridized carbons (Fsp3) is 0.400. The van der Waals surface area contributed by atoms with Crippen molar-refractivity contribution >= 4 is 11.7 Å². The number of nitrogens with one attached hydrogen (secondary N) is 1. The Kier molecular flexibility index (Phi) is 5.30. The molecular weight excluding hydrogens is 326 g/mol. The number of nitrogens with zero attached hydrogens (tertiary/aromatic N) is 4. The molecule has 1 atom stereocenters. The van der Waals surface area contributed by atoms with Crippen molar-refractivity contribution in [1.82, 2.24) is 24.9 Å². The Bertz CT molecular complexity index is 914. The highest BCUT2D eigenvalue weighted by Gasteiger charge is 2.15. The van der Waals surface area contributed by atoms with Crippen molar-refractivity contribution in [2.75, 3.05) is 0 Å². The van der Waals surface area contributed by atoms with Gasteiger partial charge in [-0.15, -0.1) is 0 Å². The van der Waals surface area contributed by atoms with Crippen LogP contribution in [0.1, 0.15) is 53.9 Å². The number of carbonyl (C=O) groups excluding carboxylic acids is 1. The van der Waals surface area contributed by atoms with Gasteiger partial charge in [-0.1, -0.05) is 36.8 Å². The van der Waals surface area contributed by atoms with Gasteiger partial charge in [0.1, 0.15) is 6.33 Å². The quantitative estimate of drug-likeness (QED) is 0.740. The number of benzene rings is 1. The average Bonchev–Trinajstić information content (AvgIpc) is 3.09. The highest BCUT2D eigenvalue weighted by Crippen LogP contribution is 2.18. The number of amides is 1. The number of aromatic nitrogens is 4. The summed E-state index contributed by atoms with van der Waals surface area (Å²) in [5, 5.41) is 7.35. The van der Waals surface area contributed by atoms with E-state index in [0.717, 1.165) is 28.9 Å². The molecule has 0 bridgehead atoms. The van der Waals surface area contributed by atoms with Crippen LogP contribution in [0.5, 0.6) is 0 Å². The van der Waals surface area contributed by atoms with Gasteiger partial charge < -0.3 is 5.32 Å². The third kappa shape index (κ3) is 3.74. The molecule has 1 unspecified atom stereocenters. The van der Waals surface area contributed by atoms with Crippen molar-refractivity contribution in [2.45, 2.75) is 53.0 Å². The number of hydrogen-bond acceptors (Lipinski definition) is 4. The summed E-state index contributed by atoms with van der Waals surface area (Å²) >= 11 is 0. The third-order valence-corrected chi connectivity index (χ3v) is 4.81. The van der Waals surface area contributed by atoms with E-state index in [1.807, 2.05) is 13.8 Å². The van der Waals surface area contributed by atoms with Crippen LogP contribution in [0, 0.1) is 20.8 Å². The Morgan fingerprint density at radius 3 is 2.62 bits per heavy atom. The molecular formula is C20H25N5O. The lowest BCUT2D eigenvalue weighted by atomic mass is 10.0. The van der Waals surface area contributed by atoms with Crippen molar-refractivity contribution < 1.29 is 4.79 Å². The fourth-order valence-corrected chi connectivity index (χ4v) is 3.24. The van der Waals surface area contributed by atoms with Crippen LogP contribution in [0.15, 0.2) is 30.6 Å². The molecule has 2 aromatic heterocycles. The number of aryl methyl sites for hydroxylation is 3. The third-order valence-electron chi connectivity index (χ3n) is 4.81.